The van der Waals surface area contributed by atoms with Gasteiger partial charge in [0, 0.05) is 5.70 Å². The minimum Gasteiger partial charge on any atom is -0.363 e. The van der Waals surface area contributed by atoms with E-state index < -0.39 is 0 Å². The van der Waals surface area contributed by atoms with E-state index in [4.69, 9.17) is 0 Å². The normalized spacial score (nSPS) is 10.4. The molecule has 0 aromatic heterocycles. The van der Waals surface area contributed by atoms with Crippen LogP contribution in [0.15, 0.2) is 37.2 Å². The highest BCUT2D eigenvalue weighted by Crippen LogP contribution is 1.86. The Hall–Kier alpha value is -0.980. The summed E-state index contributed by atoms with van der Waals surface area (Å²) in [7, 11) is 0. The van der Waals surface area contributed by atoms with E-state index in [9.17, 15) is 0 Å². The molecule has 0 fully saturated rings. The minimum absolute atomic E-state index is 0.986. The molecule has 0 aliphatic rings. The summed E-state index contributed by atoms with van der Waals surface area (Å²) < 4.78 is 0. The Morgan fingerprint density at radius 2 is 2.12 bits per heavy atom. The summed E-state index contributed by atoms with van der Waals surface area (Å²) in [5, 5.41) is 2.89. The van der Waals surface area contributed by atoms with Gasteiger partial charge in [-0.05, 0) is 19.2 Å². The fourth-order valence-electron chi connectivity index (χ4n) is 0.378. The van der Waals surface area contributed by atoms with Crippen molar-refractivity contribution in [2.45, 2.75) is 6.92 Å². The minimum atomic E-state index is 0.986. The van der Waals surface area contributed by atoms with E-state index in [1.165, 1.54) is 0 Å². The second kappa shape index (κ2) is 4.19. The lowest BCUT2D eigenvalue weighted by atomic mass is 10.4. The Bertz CT molecular complexity index is 112. The van der Waals surface area contributed by atoms with Gasteiger partial charge in [0.25, 0.3) is 0 Å². The molecule has 0 saturated carbocycles. The highest BCUT2D eigenvalue weighted by atomic mass is 14.8. The number of hydrogen-bond donors (Lipinski definition) is 1. The van der Waals surface area contributed by atoms with Crippen molar-refractivity contribution in [1.29, 1.82) is 0 Å². The SMILES string of the molecule is C=CN/C(C=C)=C/C. The van der Waals surface area contributed by atoms with Crippen molar-refractivity contribution < 1.29 is 0 Å². The van der Waals surface area contributed by atoms with Gasteiger partial charge in [0.2, 0.25) is 0 Å². The molecule has 1 nitrogen and oxygen atoms in total. The van der Waals surface area contributed by atoms with Gasteiger partial charge in [-0.25, -0.2) is 0 Å². The third kappa shape index (κ3) is 2.24. The quantitative estimate of drug-likeness (QED) is 0.545. The molecule has 0 aliphatic heterocycles. The van der Waals surface area contributed by atoms with Gasteiger partial charge in [-0.2, -0.15) is 0 Å². The summed E-state index contributed by atoms with van der Waals surface area (Å²) in [5.41, 5.74) is 0.986. The molecule has 0 spiro atoms. The second-order valence-electron chi connectivity index (χ2n) is 1.30. The Morgan fingerprint density at radius 3 is 2.25 bits per heavy atom. The van der Waals surface area contributed by atoms with Crippen LogP contribution in [0.1, 0.15) is 6.92 Å². The van der Waals surface area contributed by atoms with Crippen LogP contribution < -0.4 is 5.32 Å². The zero-order valence-electron chi connectivity index (χ0n) is 5.15. The van der Waals surface area contributed by atoms with E-state index in [1.807, 2.05) is 13.0 Å². The average Bonchev–Trinajstić information content (AvgIpc) is 1.83. The van der Waals surface area contributed by atoms with Gasteiger partial charge in [-0.3, -0.25) is 0 Å². The van der Waals surface area contributed by atoms with Crippen LogP contribution in [0.2, 0.25) is 0 Å². The monoisotopic (exact) mass is 109 g/mol. The van der Waals surface area contributed by atoms with Gasteiger partial charge >= 0.3 is 0 Å². The highest BCUT2D eigenvalue weighted by Gasteiger charge is 1.77. The molecule has 0 saturated heterocycles. The molecule has 0 radical (unpaired) electrons. The molecule has 44 valence electrons. The molecule has 0 heterocycles. The standard InChI is InChI=1S/C7H11N/c1-4-7(5-2)8-6-3/h4-6,8H,1,3H2,2H3/b7-5+. The van der Waals surface area contributed by atoms with Crippen molar-refractivity contribution in [2.24, 2.45) is 0 Å². The van der Waals surface area contributed by atoms with Crippen LogP contribution >= 0.6 is 0 Å². The molecular formula is C7H11N. The fraction of sp³-hybridized carbons (Fsp3) is 0.143. The summed E-state index contributed by atoms with van der Waals surface area (Å²) in [6.45, 7) is 9.01. The zero-order chi connectivity index (χ0) is 6.41. The number of nitrogens with one attached hydrogen (secondary N) is 1. The maximum atomic E-state index is 3.57. The van der Waals surface area contributed by atoms with Crippen molar-refractivity contribution in [3.8, 4) is 0 Å². The van der Waals surface area contributed by atoms with Crippen LogP contribution in [0.4, 0.5) is 0 Å². The number of rotatable bonds is 3. The van der Waals surface area contributed by atoms with Gasteiger partial charge in [0.1, 0.15) is 0 Å². The predicted molar refractivity (Wildman–Crippen MR) is 37.3 cm³/mol. The van der Waals surface area contributed by atoms with E-state index >= 15 is 0 Å². The zero-order valence-corrected chi connectivity index (χ0v) is 5.15. The molecule has 0 aromatic rings. The third-order valence-electron chi connectivity index (χ3n) is 0.800. The van der Waals surface area contributed by atoms with Gasteiger partial charge < -0.3 is 5.32 Å². The van der Waals surface area contributed by atoms with Crippen LogP contribution in [0.3, 0.4) is 0 Å². The lowest BCUT2D eigenvalue weighted by Crippen LogP contribution is -1.99. The topological polar surface area (TPSA) is 12.0 Å². The Balaban J connectivity index is 3.71. The molecule has 1 N–H and O–H groups in total. The molecular weight excluding hydrogens is 98.1 g/mol. The van der Waals surface area contributed by atoms with E-state index in [0.29, 0.717) is 0 Å². The lowest BCUT2D eigenvalue weighted by molar-refractivity contribution is 1.11. The van der Waals surface area contributed by atoms with Crippen LogP contribution in [-0.4, -0.2) is 0 Å². The van der Waals surface area contributed by atoms with Crippen LogP contribution in [-0.2, 0) is 0 Å². The summed E-state index contributed by atoms with van der Waals surface area (Å²) in [6, 6.07) is 0. The van der Waals surface area contributed by atoms with Gasteiger partial charge in [-0.1, -0.05) is 19.2 Å². The molecule has 0 rings (SSSR count). The average molecular weight is 109 g/mol. The van der Waals surface area contributed by atoms with Crippen molar-refractivity contribution in [1.82, 2.24) is 5.32 Å². The van der Waals surface area contributed by atoms with Gasteiger partial charge in [0.15, 0.2) is 0 Å². The van der Waals surface area contributed by atoms with E-state index in [0.717, 1.165) is 5.70 Å². The van der Waals surface area contributed by atoms with Crippen LogP contribution in [0.25, 0.3) is 0 Å². The summed E-state index contributed by atoms with van der Waals surface area (Å²) >= 11 is 0. The smallest absolute Gasteiger partial charge is 0.0330 e. The Morgan fingerprint density at radius 1 is 1.50 bits per heavy atom. The first-order valence-corrected chi connectivity index (χ1v) is 2.51. The first kappa shape index (κ1) is 7.02. The molecule has 0 atom stereocenters. The van der Waals surface area contributed by atoms with Crippen molar-refractivity contribution in [2.75, 3.05) is 0 Å². The predicted octanol–water partition coefficient (Wildman–Crippen LogP) is 1.81. The molecule has 8 heavy (non-hydrogen) atoms. The lowest BCUT2D eigenvalue weighted by Gasteiger charge is -1.95. The Kier molecular flexibility index (Phi) is 3.67. The van der Waals surface area contributed by atoms with E-state index in [2.05, 4.69) is 18.5 Å². The summed E-state index contributed by atoms with van der Waals surface area (Å²) in [4.78, 5) is 0. The van der Waals surface area contributed by atoms with Crippen LogP contribution in [0.5, 0.6) is 0 Å². The summed E-state index contributed by atoms with van der Waals surface area (Å²) in [5.74, 6) is 0. The number of hydrogen-bond acceptors (Lipinski definition) is 1. The number of allylic oxidation sites excluding steroid dienone is 2. The van der Waals surface area contributed by atoms with Gasteiger partial charge in [0.05, 0.1) is 0 Å². The van der Waals surface area contributed by atoms with Crippen LogP contribution in [0, 0.1) is 0 Å². The molecule has 0 amide bonds. The van der Waals surface area contributed by atoms with E-state index in [1.54, 1.807) is 12.3 Å². The molecule has 0 bridgehead atoms. The third-order valence-corrected chi connectivity index (χ3v) is 0.800. The Labute approximate surface area is 50.4 Å². The molecule has 0 aliphatic carbocycles. The van der Waals surface area contributed by atoms with Crippen molar-refractivity contribution >= 4 is 0 Å². The largest absolute Gasteiger partial charge is 0.363 e. The molecule has 0 aromatic carbocycles. The van der Waals surface area contributed by atoms with E-state index in [-0.39, 0.29) is 0 Å². The molecule has 1 heteroatoms. The maximum Gasteiger partial charge on any atom is 0.0330 e. The maximum absolute atomic E-state index is 3.57. The molecule has 0 unspecified atom stereocenters. The highest BCUT2D eigenvalue weighted by molar-refractivity contribution is 5.14. The van der Waals surface area contributed by atoms with Gasteiger partial charge in [-0.15, -0.1) is 0 Å². The first-order valence-electron chi connectivity index (χ1n) is 2.51. The second-order valence-corrected chi connectivity index (χ2v) is 1.30. The summed E-state index contributed by atoms with van der Waals surface area (Å²) in [6.07, 6.45) is 5.29. The fourth-order valence-corrected chi connectivity index (χ4v) is 0.378. The van der Waals surface area contributed by atoms with Crippen molar-refractivity contribution in [3.63, 3.8) is 0 Å². The van der Waals surface area contributed by atoms with Crippen molar-refractivity contribution in [3.05, 3.63) is 37.2 Å². The first-order chi connectivity index (χ1) is 3.85.